The van der Waals surface area contributed by atoms with Crippen LogP contribution in [0.2, 0.25) is 0 Å². The van der Waals surface area contributed by atoms with Gasteiger partial charge < -0.3 is 20.1 Å². The molecule has 0 radical (unpaired) electrons. The van der Waals surface area contributed by atoms with Gasteiger partial charge in [0.2, 0.25) is 0 Å². The van der Waals surface area contributed by atoms with Gasteiger partial charge in [0.15, 0.2) is 11.6 Å². The number of benzene rings is 1. The van der Waals surface area contributed by atoms with E-state index in [0.29, 0.717) is 6.54 Å². The third-order valence-electron chi connectivity index (χ3n) is 3.19. The average Bonchev–Trinajstić information content (AvgIpc) is 2.46. The number of hydrogen-bond donors (Lipinski definition) is 2. The van der Waals surface area contributed by atoms with Gasteiger partial charge in [0.05, 0.1) is 7.11 Å². The number of aliphatic carboxylic acids is 1. The van der Waals surface area contributed by atoms with Crippen molar-refractivity contribution in [3.8, 4) is 5.75 Å². The zero-order valence-electron chi connectivity index (χ0n) is 10.9. The van der Waals surface area contributed by atoms with E-state index >= 15 is 0 Å². The second kappa shape index (κ2) is 5.87. The van der Waals surface area contributed by atoms with Crippen molar-refractivity contribution in [2.45, 2.75) is 6.04 Å². The molecule has 1 atom stereocenters. The monoisotopic (exact) mass is 282 g/mol. The number of ether oxygens (including phenoxy) is 1. The Morgan fingerprint density at radius 1 is 1.50 bits per heavy atom. The fraction of sp³-hybridized carbons (Fsp3) is 0.385. The lowest BCUT2D eigenvalue weighted by Gasteiger charge is -2.33. The summed E-state index contributed by atoms with van der Waals surface area (Å²) < 4.78 is 18.4. The van der Waals surface area contributed by atoms with E-state index in [2.05, 4.69) is 5.32 Å². The molecule has 1 aliphatic heterocycles. The van der Waals surface area contributed by atoms with Crippen LogP contribution in [0.25, 0.3) is 0 Å². The lowest BCUT2D eigenvalue weighted by molar-refractivity contribution is -0.142. The van der Waals surface area contributed by atoms with Crippen molar-refractivity contribution in [3.63, 3.8) is 0 Å². The second-order valence-electron chi connectivity index (χ2n) is 4.41. The maximum Gasteiger partial charge on any atom is 0.327 e. The molecule has 0 bridgehead atoms. The number of hydrogen-bond acceptors (Lipinski definition) is 4. The molecule has 1 aromatic carbocycles. The fourth-order valence-electron chi connectivity index (χ4n) is 2.13. The molecule has 1 aromatic rings. The molecule has 1 unspecified atom stereocenters. The van der Waals surface area contributed by atoms with Gasteiger partial charge in [0, 0.05) is 25.2 Å². The highest BCUT2D eigenvalue weighted by atomic mass is 19.1. The molecule has 1 amide bonds. The van der Waals surface area contributed by atoms with Crippen molar-refractivity contribution in [2.24, 2.45) is 0 Å². The van der Waals surface area contributed by atoms with Crippen LogP contribution in [0, 0.1) is 5.82 Å². The Kier molecular flexibility index (Phi) is 4.19. The Hall–Kier alpha value is -2.15. The SMILES string of the molecule is COc1ccc(C(=O)N2CCNCC2C(=O)O)cc1F. The van der Waals surface area contributed by atoms with E-state index in [0.717, 1.165) is 6.07 Å². The summed E-state index contributed by atoms with van der Waals surface area (Å²) in [5.41, 5.74) is 0.108. The zero-order valence-corrected chi connectivity index (χ0v) is 10.9. The molecule has 0 spiro atoms. The summed E-state index contributed by atoms with van der Waals surface area (Å²) in [5.74, 6) is -2.20. The largest absolute Gasteiger partial charge is 0.494 e. The maximum absolute atomic E-state index is 13.6. The minimum absolute atomic E-state index is 0.0386. The van der Waals surface area contributed by atoms with Crippen LogP contribution in [0.5, 0.6) is 5.75 Å². The number of nitrogens with one attached hydrogen (secondary N) is 1. The predicted octanol–water partition coefficient (Wildman–Crippen LogP) is 0.333. The lowest BCUT2D eigenvalue weighted by Crippen LogP contribution is -2.57. The molecular weight excluding hydrogens is 267 g/mol. The number of methoxy groups -OCH3 is 1. The Morgan fingerprint density at radius 3 is 2.85 bits per heavy atom. The van der Waals surface area contributed by atoms with Gasteiger partial charge in [-0.2, -0.15) is 0 Å². The van der Waals surface area contributed by atoms with Gasteiger partial charge in [0.1, 0.15) is 6.04 Å². The van der Waals surface area contributed by atoms with Crippen LogP contribution < -0.4 is 10.1 Å². The number of piperazine rings is 1. The average molecular weight is 282 g/mol. The topological polar surface area (TPSA) is 78.9 Å². The van der Waals surface area contributed by atoms with E-state index in [9.17, 15) is 14.0 Å². The van der Waals surface area contributed by atoms with Crippen LogP contribution in [0.3, 0.4) is 0 Å². The van der Waals surface area contributed by atoms with Gasteiger partial charge in [-0.05, 0) is 18.2 Å². The number of carbonyl (C=O) groups excluding carboxylic acids is 1. The van der Waals surface area contributed by atoms with Gasteiger partial charge in [0.25, 0.3) is 5.91 Å². The first-order chi connectivity index (χ1) is 9.54. The van der Waals surface area contributed by atoms with Gasteiger partial charge in [-0.15, -0.1) is 0 Å². The number of nitrogens with zero attached hydrogens (tertiary/aromatic N) is 1. The Morgan fingerprint density at radius 2 is 2.25 bits per heavy atom. The molecule has 6 nitrogen and oxygen atoms in total. The molecule has 0 aliphatic carbocycles. The van der Waals surface area contributed by atoms with Gasteiger partial charge in [-0.3, -0.25) is 4.79 Å². The third-order valence-corrected chi connectivity index (χ3v) is 3.19. The van der Waals surface area contributed by atoms with Crippen molar-refractivity contribution in [1.29, 1.82) is 0 Å². The molecule has 1 heterocycles. The highest BCUT2D eigenvalue weighted by molar-refractivity contribution is 5.97. The van der Waals surface area contributed by atoms with Crippen molar-refractivity contribution in [2.75, 3.05) is 26.7 Å². The quantitative estimate of drug-likeness (QED) is 0.835. The molecule has 2 rings (SSSR count). The van der Waals surface area contributed by atoms with Crippen LogP contribution >= 0.6 is 0 Å². The van der Waals surface area contributed by atoms with Gasteiger partial charge >= 0.3 is 5.97 Å². The maximum atomic E-state index is 13.6. The molecule has 1 aliphatic rings. The van der Waals surface area contributed by atoms with Crippen LogP contribution in [0.1, 0.15) is 10.4 Å². The number of carboxylic acids is 1. The van der Waals surface area contributed by atoms with Crippen LogP contribution in [-0.4, -0.2) is 54.7 Å². The van der Waals surface area contributed by atoms with Crippen LogP contribution in [0.4, 0.5) is 4.39 Å². The van der Waals surface area contributed by atoms with Gasteiger partial charge in [-0.25, -0.2) is 9.18 Å². The van der Waals surface area contributed by atoms with Crippen molar-refractivity contribution in [3.05, 3.63) is 29.6 Å². The van der Waals surface area contributed by atoms with Crippen molar-refractivity contribution in [1.82, 2.24) is 10.2 Å². The van der Waals surface area contributed by atoms with E-state index < -0.39 is 23.7 Å². The van der Waals surface area contributed by atoms with E-state index in [1.54, 1.807) is 0 Å². The smallest absolute Gasteiger partial charge is 0.327 e. The van der Waals surface area contributed by atoms with E-state index in [-0.39, 0.29) is 24.4 Å². The number of rotatable bonds is 3. The summed E-state index contributed by atoms with van der Waals surface area (Å²) in [6.07, 6.45) is 0. The molecule has 0 aromatic heterocycles. The molecule has 1 saturated heterocycles. The zero-order chi connectivity index (χ0) is 14.7. The summed E-state index contributed by atoms with van der Waals surface area (Å²) >= 11 is 0. The first-order valence-corrected chi connectivity index (χ1v) is 6.12. The molecule has 108 valence electrons. The summed E-state index contributed by atoms with van der Waals surface area (Å²) in [4.78, 5) is 24.7. The highest BCUT2D eigenvalue weighted by Gasteiger charge is 2.32. The second-order valence-corrected chi connectivity index (χ2v) is 4.41. The number of amides is 1. The minimum atomic E-state index is -1.08. The molecule has 2 N–H and O–H groups in total. The number of carbonyl (C=O) groups is 2. The summed E-state index contributed by atoms with van der Waals surface area (Å²) in [5, 5.41) is 12.0. The Balaban J connectivity index is 2.25. The first kappa shape index (κ1) is 14.3. The Bertz CT molecular complexity index is 535. The lowest BCUT2D eigenvalue weighted by atomic mass is 10.1. The Labute approximate surface area is 115 Å². The minimum Gasteiger partial charge on any atom is -0.494 e. The summed E-state index contributed by atoms with van der Waals surface area (Å²) in [6, 6.07) is 2.88. The van der Waals surface area contributed by atoms with Crippen molar-refractivity contribution >= 4 is 11.9 Å². The molecular formula is C13H15FN2O4. The number of halogens is 1. The van der Waals surface area contributed by atoms with Crippen LogP contribution in [0.15, 0.2) is 18.2 Å². The van der Waals surface area contributed by atoms with E-state index in [1.807, 2.05) is 0 Å². The predicted molar refractivity (Wildman–Crippen MR) is 68.3 cm³/mol. The van der Waals surface area contributed by atoms with Gasteiger partial charge in [-0.1, -0.05) is 0 Å². The van der Waals surface area contributed by atoms with E-state index in [4.69, 9.17) is 9.84 Å². The number of carboxylic acid groups (broad SMARTS) is 1. The third kappa shape index (κ3) is 2.72. The summed E-state index contributed by atoms with van der Waals surface area (Å²) in [6.45, 7) is 0.956. The fourth-order valence-corrected chi connectivity index (χ4v) is 2.13. The molecule has 20 heavy (non-hydrogen) atoms. The normalized spacial score (nSPS) is 18.7. The molecule has 1 fully saturated rings. The first-order valence-electron chi connectivity index (χ1n) is 6.12. The van der Waals surface area contributed by atoms with Crippen LogP contribution in [-0.2, 0) is 4.79 Å². The van der Waals surface area contributed by atoms with Crippen molar-refractivity contribution < 1.29 is 23.8 Å². The summed E-state index contributed by atoms with van der Waals surface area (Å²) in [7, 11) is 1.33. The molecule has 0 saturated carbocycles. The standard InChI is InChI=1S/C13H15FN2O4/c1-20-11-3-2-8(6-9(11)14)12(17)16-5-4-15-7-10(16)13(18)19/h2-3,6,10,15H,4-5,7H2,1H3,(H,18,19). The van der Waals surface area contributed by atoms with E-state index in [1.165, 1.54) is 24.1 Å². The highest BCUT2D eigenvalue weighted by Crippen LogP contribution is 2.19. The molecule has 7 heteroatoms.